The number of hydrogen-bond donors (Lipinski definition) is 2. The van der Waals surface area contributed by atoms with Gasteiger partial charge >= 0.3 is 5.97 Å². The summed E-state index contributed by atoms with van der Waals surface area (Å²) in [5.74, 6) is -1.11. The molecule has 4 unspecified atom stereocenters. The highest BCUT2D eigenvalue weighted by Crippen LogP contribution is 2.35. The summed E-state index contributed by atoms with van der Waals surface area (Å²) in [5.41, 5.74) is 6.95. The quantitative estimate of drug-likeness (QED) is 0.293. The van der Waals surface area contributed by atoms with Crippen molar-refractivity contribution in [1.82, 2.24) is 4.90 Å². The molecule has 0 spiro atoms. The molecule has 0 aliphatic carbocycles. The minimum absolute atomic E-state index is 0.000596. The van der Waals surface area contributed by atoms with E-state index in [1.165, 1.54) is 0 Å². The Balaban J connectivity index is 2.52. The van der Waals surface area contributed by atoms with Gasteiger partial charge in [0.15, 0.2) is 18.4 Å². The first kappa shape index (κ1) is 37.5. The molecule has 248 valence electrons. The predicted molar refractivity (Wildman–Crippen MR) is 166 cm³/mol. The molecule has 2 rings (SSSR count). The lowest BCUT2D eigenvalue weighted by atomic mass is 9.80. The summed E-state index contributed by atoms with van der Waals surface area (Å²) in [6.07, 6.45) is 5.10. The number of likely N-dealkylation sites (N-methyl/N-ethyl adjacent to an activating group) is 1. The van der Waals surface area contributed by atoms with Crippen LogP contribution in [0.1, 0.15) is 73.1 Å². The number of methoxy groups -OCH3 is 2. The largest absolute Gasteiger partial charge is 0.462 e. The Morgan fingerprint density at radius 2 is 1.79 bits per heavy atom. The van der Waals surface area contributed by atoms with Gasteiger partial charge in [-0.2, -0.15) is 0 Å². The number of cyclic esters (lactones) is 1. The van der Waals surface area contributed by atoms with E-state index in [1.807, 2.05) is 59.7 Å². The van der Waals surface area contributed by atoms with Gasteiger partial charge in [0.25, 0.3) is 0 Å². The minimum atomic E-state index is -0.875. The average molecular weight is 611 g/mol. The van der Waals surface area contributed by atoms with Gasteiger partial charge in [0.2, 0.25) is 0 Å². The predicted octanol–water partition coefficient (Wildman–Crippen LogP) is 3.85. The van der Waals surface area contributed by atoms with Crippen molar-refractivity contribution in [3.8, 4) is 0 Å². The lowest BCUT2D eigenvalue weighted by Gasteiger charge is -2.44. The van der Waals surface area contributed by atoms with E-state index in [0.29, 0.717) is 38.6 Å². The Morgan fingerprint density at radius 1 is 1.12 bits per heavy atom. The van der Waals surface area contributed by atoms with Crippen LogP contribution in [0.4, 0.5) is 0 Å². The van der Waals surface area contributed by atoms with Crippen molar-refractivity contribution in [2.75, 3.05) is 34.9 Å². The van der Waals surface area contributed by atoms with Gasteiger partial charge in [-0.05, 0) is 71.5 Å². The maximum absolute atomic E-state index is 13.3. The Bertz CT molecular complexity index is 921. The highest BCUT2D eigenvalue weighted by molar-refractivity contribution is 5.91. The van der Waals surface area contributed by atoms with Crippen LogP contribution in [0.25, 0.3) is 0 Å². The number of aliphatic hydroxyl groups excluding tert-OH is 1. The lowest BCUT2D eigenvalue weighted by molar-refractivity contribution is -0.282. The van der Waals surface area contributed by atoms with Crippen LogP contribution in [0.2, 0.25) is 0 Å². The summed E-state index contributed by atoms with van der Waals surface area (Å²) in [6, 6.07) is -0.141. The summed E-state index contributed by atoms with van der Waals surface area (Å²) in [6.45, 7) is 10.1. The number of ketones is 1. The molecule has 2 heterocycles. The highest BCUT2D eigenvalue weighted by atomic mass is 16.7. The zero-order valence-electron chi connectivity index (χ0n) is 27.9. The van der Waals surface area contributed by atoms with E-state index in [-0.39, 0.29) is 60.1 Å². The molecule has 10 heteroatoms. The van der Waals surface area contributed by atoms with Gasteiger partial charge in [0, 0.05) is 51.5 Å². The third kappa shape index (κ3) is 11.3. The normalized spacial score (nSPS) is 35.7. The number of esters is 1. The molecular formula is C33H58N2O8. The third-order valence-electron chi connectivity index (χ3n) is 8.98. The van der Waals surface area contributed by atoms with Crippen LogP contribution in [0.3, 0.4) is 0 Å². The van der Waals surface area contributed by atoms with Crippen LogP contribution in [0.5, 0.6) is 0 Å². The van der Waals surface area contributed by atoms with Crippen molar-refractivity contribution in [3.05, 3.63) is 23.8 Å². The molecule has 0 saturated carbocycles. The monoisotopic (exact) mass is 610 g/mol. The fourth-order valence-corrected chi connectivity index (χ4v) is 6.30. The molecular weight excluding hydrogens is 552 g/mol. The molecule has 0 aromatic carbocycles. The number of aliphatic hydroxyl groups is 1. The highest BCUT2D eigenvalue weighted by Gasteiger charge is 2.42. The van der Waals surface area contributed by atoms with Crippen LogP contribution >= 0.6 is 0 Å². The van der Waals surface area contributed by atoms with Crippen LogP contribution in [-0.2, 0) is 33.3 Å². The van der Waals surface area contributed by atoms with Crippen LogP contribution < -0.4 is 5.73 Å². The second kappa shape index (κ2) is 18.3. The topological polar surface area (TPSA) is 130 Å². The number of rotatable bonds is 9. The summed E-state index contributed by atoms with van der Waals surface area (Å²) in [5, 5.41) is 11.3. The lowest BCUT2D eigenvalue weighted by Crippen LogP contribution is -2.56. The van der Waals surface area contributed by atoms with Crippen molar-refractivity contribution < 1.29 is 38.4 Å². The molecule has 1 saturated heterocycles. The van der Waals surface area contributed by atoms with E-state index >= 15 is 0 Å². The van der Waals surface area contributed by atoms with Crippen molar-refractivity contribution in [1.29, 1.82) is 0 Å². The van der Waals surface area contributed by atoms with Crippen molar-refractivity contribution in [3.63, 3.8) is 0 Å². The molecule has 0 radical (unpaired) electrons. The van der Waals surface area contributed by atoms with Crippen molar-refractivity contribution >= 4 is 11.8 Å². The van der Waals surface area contributed by atoms with E-state index < -0.39 is 24.8 Å². The molecule has 10 atom stereocenters. The summed E-state index contributed by atoms with van der Waals surface area (Å²) in [7, 11) is 7.04. The number of allylic oxidation sites excluding steroid dienone is 3. The van der Waals surface area contributed by atoms with Gasteiger partial charge in [-0.15, -0.1) is 0 Å². The molecule has 3 N–H and O–H groups in total. The molecule has 2 aliphatic rings. The smallest absolute Gasteiger partial charge is 0.306 e. The van der Waals surface area contributed by atoms with Crippen LogP contribution in [0, 0.1) is 23.7 Å². The first-order chi connectivity index (χ1) is 20.3. The second-order valence-corrected chi connectivity index (χ2v) is 12.7. The molecule has 43 heavy (non-hydrogen) atoms. The van der Waals surface area contributed by atoms with Gasteiger partial charge in [-0.25, -0.2) is 0 Å². The number of nitrogens with two attached hydrogens (primary N) is 1. The number of carbonyl (C=O) groups is 2. The molecule has 0 amide bonds. The Morgan fingerprint density at radius 3 is 2.37 bits per heavy atom. The minimum Gasteiger partial charge on any atom is -0.462 e. The number of hydrogen-bond acceptors (Lipinski definition) is 10. The van der Waals surface area contributed by atoms with Gasteiger partial charge in [0.1, 0.15) is 12.2 Å². The van der Waals surface area contributed by atoms with Crippen LogP contribution in [-0.4, -0.2) is 99.7 Å². The summed E-state index contributed by atoms with van der Waals surface area (Å²) >= 11 is 0. The van der Waals surface area contributed by atoms with E-state index in [2.05, 4.69) is 0 Å². The molecule has 10 nitrogen and oxygen atoms in total. The average Bonchev–Trinajstić information content (AvgIpc) is 2.97. The molecule has 0 bridgehead atoms. The maximum Gasteiger partial charge on any atom is 0.306 e. The van der Waals surface area contributed by atoms with E-state index in [0.717, 1.165) is 5.57 Å². The zero-order valence-corrected chi connectivity index (χ0v) is 27.9. The Hall–Kier alpha value is -1.66. The SMILES string of the molecule is CC[C@H]1OC(=O)CC[C@H](C)[C@@H](OC2OC(C)CC(N(C)C)C2O)[C@@H](CC(OC)OC)C[C@@H](C)C(=O)C=CC(C)=C[C@@H]1CN. The zero-order chi connectivity index (χ0) is 32.3. The van der Waals surface area contributed by atoms with E-state index in [1.54, 1.807) is 26.4 Å². The van der Waals surface area contributed by atoms with Gasteiger partial charge in [0.05, 0.1) is 12.2 Å². The Labute approximate surface area is 259 Å². The third-order valence-corrected chi connectivity index (χ3v) is 8.98. The van der Waals surface area contributed by atoms with Crippen molar-refractivity contribution in [2.24, 2.45) is 29.4 Å². The number of nitrogens with zero attached hydrogens (tertiary/aromatic N) is 1. The maximum atomic E-state index is 13.3. The first-order valence-electron chi connectivity index (χ1n) is 15.9. The van der Waals surface area contributed by atoms with E-state index in [9.17, 15) is 14.7 Å². The number of carbonyl (C=O) groups excluding carboxylic acids is 2. The summed E-state index contributed by atoms with van der Waals surface area (Å²) in [4.78, 5) is 28.4. The number of ether oxygens (including phenoxy) is 5. The Kier molecular flexibility index (Phi) is 16.0. The molecule has 0 aromatic rings. The fraction of sp³-hybridized carbons (Fsp3) is 0.818. The van der Waals surface area contributed by atoms with Gasteiger partial charge < -0.3 is 39.4 Å². The molecule has 2 aliphatic heterocycles. The molecule has 0 aromatic heterocycles. The van der Waals surface area contributed by atoms with E-state index in [4.69, 9.17) is 29.4 Å². The fourth-order valence-electron chi connectivity index (χ4n) is 6.30. The first-order valence-corrected chi connectivity index (χ1v) is 15.9. The molecule has 1 fully saturated rings. The van der Waals surface area contributed by atoms with Gasteiger partial charge in [-0.1, -0.05) is 38.5 Å². The summed E-state index contributed by atoms with van der Waals surface area (Å²) < 4.78 is 30.0. The standard InChI is InChI=1S/C33H58N2O8/c1-10-28-25(19-34)15-20(2)11-13-27(36)22(4)16-24(18-30(39-8)40-9)32(21(3)12-14-29(37)42-28)43-33-31(38)26(35(6)7)17-23(5)41-33/h11,13,15,21-26,28,30-33,38H,10,12,14,16-19,34H2,1-9H3/t21-,22+,23?,24+,25+,26?,28+,31?,32+,33?/m0/s1. The van der Waals surface area contributed by atoms with Gasteiger partial charge in [-0.3, -0.25) is 9.59 Å². The second-order valence-electron chi connectivity index (χ2n) is 12.7. The van der Waals surface area contributed by atoms with Crippen LogP contribution in [0.15, 0.2) is 23.8 Å². The van der Waals surface area contributed by atoms with Crippen molar-refractivity contribution in [2.45, 2.75) is 116 Å².